The van der Waals surface area contributed by atoms with Gasteiger partial charge in [0.05, 0.1) is 7.11 Å². The van der Waals surface area contributed by atoms with Crippen LogP contribution in [-0.2, 0) is 4.84 Å². The molecule has 0 spiro atoms. The quantitative estimate of drug-likeness (QED) is 0.717. The normalized spacial score (nSPS) is 10.1. The molecule has 1 amide bonds. The Kier molecular flexibility index (Phi) is 2.88. The maximum absolute atomic E-state index is 11.5. The summed E-state index contributed by atoms with van der Waals surface area (Å²) >= 11 is 0. The summed E-state index contributed by atoms with van der Waals surface area (Å²) in [6, 6.07) is 6.84. The van der Waals surface area contributed by atoms with Crippen molar-refractivity contribution >= 4 is 5.91 Å². The summed E-state index contributed by atoms with van der Waals surface area (Å²) in [6.45, 7) is 0. The highest BCUT2D eigenvalue weighted by Gasteiger charge is 2.08. The van der Waals surface area contributed by atoms with Crippen LogP contribution in [0, 0.1) is 0 Å². The number of nitrogens with one attached hydrogen (secondary N) is 2. The minimum absolute atomic E-state index is 0.326. The summed E-state index contributed by atoms with van der Waals surface area (Å²) in [7, 11) is 1.38. The van der Waals surface area contributed by atoms with Gasteiger partial charge in [0.1, 0.15) is 0 Å². The smallest absolute Gasteiger partial charge is 0.274 e. The van der Waals surface area contributed by atoms with Crippen LogP contribution in [0.15, 0.2) is 24.3 Å². The average molecular weight is 219 g/mol. The van der Waals surface area contributed by atoms with Crippen molar-refractivity contribution in [3.05, 3.63) is 29.8 Å². The van der Waals surface area contributed by atoms with Crippen LogP contribution in [-0.4, -0.2) is 33.6 Å². The molecule has 1 aromatic carbocycles. The molecule has 7 heteroatoms. The topological polar surface area (TPSA) is 92.8 Å². The lowest BCUT2D eigenvalue weighted by atomic mass is 10.1. The van der Waals surface area contributed by atoms with Crippen LogP contribution in [0.25, 0.3) is 11.4 Å². The number of tetrazole rings is 1. The van der Waals surface area contributed by atoms with E-state index in [-0.39, 0.29) is 5.91 Å². The maximum Gasteiger partial charge on any atom is 0.274 e. The number of benzene rings is 1. The second-order valence-electron chi connectivity index (χ2n) is 2.95. The Labute approximate surface area is 90.8 Å². The fourth-order valence-corrected chi connectivity index (χ4v) is 1.24. The Balaban J connectivity index is 2.30. The summed E-state index contributed by atoms with van der Waals surface area (Å²) in [4.78, 5) is 16.0. The van der Waals surface area contributed by atoms with Gasteiger partial charge < -0.3 is 0 Å². The Morgan fingerprint density at radius 3 is 3.06 bits per heavy atom. The Morgan fingerprint density at radius 1 is 1.50 bits per heavy atom. The number of carbonyl (C=O) groups is 1. The molecule has 0 unspecified atom stereocenters. The van der Waals surface area contributed by atoms with Gasteiger partial charge in [-0.05, 0) is 17.3 Å². The standard InChI is InChI=1S/C9H9N5O2/c1-16-12-9(15)7-4-2-3-6(5-7)8-10-13-14-11-8/h2-5H,1H3,(H,12,15)(H,10,11,13,14). The highest BCUT2D eigenvalue weighted by atomic mass is 16.6. The fraction of sp³-hybridized carbons (Fsp3) is 0.111. The summed E-state index contributed by atoms with van der Waals surface area (Å²) < 4.78 is 0. The molecule has 1 heterocycles. The van der Waals surface area contributed by atoms with Crippen molar-refractivity contribution in [1.82, 2.24) is 26.1 Å². The minimum atomic E-state index is -0.326. The molecule has 7 nitrogen and oxygen atoms in total. The fourth-order valence-electron chi connectivity index (χ4n) is 1.24. The van der Waals surface area contributed by atoms with E-state index in [1.54, 1.807) is 24.3 Å². The SMILES string of the molecule is CONC(=O)c1cccc(-c2nn[nH]n2)c1. The van der Waals surface area contributed by atoms with Gasteiger partial charge in [0.25, 0.3) is 5.91 Å². The molecule has 0 aliphatic carbocycles. The number of carbonyl (C=O) groups excluding carboxylic acids is 1. The van der Waals surface area contributed by atoms with Gasteiger partial charge in [0.2, 0.25) is 5.82 Å². The molecule has 1 aromatic heterocycles. The van der Waals surface area contributed by atoms with E-state index in [0.29, 0.717) is 17.0 Å². The van der Waals surface area contributed by atoms with Crippen molar-refractivity contribution in [1.29, 1.82) is 0 Å². The first-order chi connectivity index (χ1) is 7.81. The Morgan fingerprint density at radius 2 is 2.38 bits per heavy atom. The van der Waals surface area contributed by atoms with E-state index >= 15 is 0 Å². The summed E-state index contributed by atoms with van der Waals surface area (Å²) in [6.07, 6.45) is 0. The molecule has 0 aliphatic heterocycles. The third kappa shape index (κ3) is 2.04. The monoisotopic (exact) mass is 219 g/mol. The summed E-state index contributed by atoms with van der Waals surface area (Å²) in [5.41, 5.74) is 3.40. The zero-order valence-electron chi connectivity index (χ0n) is 8.47. The molecular formula is C9H9N5O2. The molecule has 0 saturated carbocycles. The Bertz CT molecular complexity index is 482. The molecule has 16 heavy (non-hydrogen) atoms. The molecule has 0 radical (unpaired) electrons. The van der Waals surface area contributed by atoms with E-state index in [1.165, 1.54) is 7.11 Å². The number of hydrogen-bond acceptors (Lipinski definition) is 5. The van der Waals surface area contributed by atoms with Crippen LogP contribution in [0.5, 0.6) is 0 Å². The predicted molar refractivity (Wildman–Crippen MR) is 54.1 cm³/mol. The van der Waals surface area contributed by atoms with E-state index in [9.17, 15) is 4.79 Å². The van der Waals surface area contributed by atoms with Crippen molar-refractivity contribution in [3.63, 3.8) is 0 Å². The van der Waals surface area contributed by atoms with Gasteiger partial charge in [0, 0.05) is 11.1 Å². The van der Waals surface area contributed by atoms with Gasteiger partial charge in [-0.1, -0.05) is 12.1 Å². The third-order valence-corrected chi connectivity index (χ3v) is 1.92. The lowest BCUT2D eigenvalue weighted by molar-refractivity contribution is 0.0537. The van der Waals surface area contributed by atoms with E-state index in [4.69, 9.17) is 0 Å². The lowest BCUT2D eigenvalue weighted by Gasteiger charge is -2.02. The number of H-pyrrole nitrogens is 1. The first kappa shape index (κ1) is 10.2. The van der Waals surface area contributed by atoms with Crippen molar-refractivity contribution < 1.29 is 9.63 Å². The van der Waals surface area contributed by atoms with Gasteiger partial charge in [-0.25, -0.2) is 5.48 Å². The second-order valence-corrected chi connectivity index (χ2v) is 2.95. The van der Waals surface area contributed by atoms with Crippen molar-refractivity contribution in [2.45, 2.75) is 0 Å². The number of hydrogen-bond donors (Lipinski definition) is 2. The number of nitrogens with zero attached hydrogens (tertiary/aromatic N) is 3. The molecule has 2 N–H and O–H groups in total. The largest absolute Gasteiger partial charge is 0.277 e. The van der Waals surface area contributed by atoms with Crippen LogP contribution in [0.2, 0.25) is 0 Å². The van der Waals surface area contributed by atoms with Gasteiger partial charge in [0.15, 0.2) is 0 Å². The summed E-state index contributed by atoms with van der Waals surface area (Å²) in [5, 5.41) is 13.4. The lowest BCUT2D eigenvalue weighted by Crippen LogP contribution is -2.21. The molecule has 0 bridgehead atoms. The molecule has 0 fully saturated rings. The number of amides is 1. The molecule has 2 aromatic rings. The first-order valence-electron chi connectivity index (χ1n) is 4.48. The first-order valence-corrected chi connectivity index (χ1v) is 4.48. The number of aromatic amines is 1. The Hall–Kier alpha value is -2.28. The minimum Gasteiger partial charge on any atom is -0.277 e. The predicted octanol–water partition coefficient (Wildman–Crippen LogP) is 0.158. The molecule has 2 rings (SSSR count). The zero-order chi connectivity index (χ0) is 11.4. The second kappa shape index (κ2) is 4.49. The van der Waals surface area contributed by atoms with Crippen LogP contribution >= 0.6 is 0 Å². The highest BCUT2D eigenvalue weighted by Crippen LogP contribution is 2.14. The molecule has 0 aliphatic rings. The van der Waals surface area contributed by atoms with Gasteiger partial charge >= 0.3 is 0 Å². The van der Waals surface area contributed by atoms with Crippen LogP contribution in [0.4, 0.5) is 0 Å². The van der Waals surface area contributed by atoms with E-state index in [1.807, 2.05) is 0 Å². The van der Waals surface area contributed by atoms with Gasteiger partial charge in [-0.2, -0.15) is 5.21 Å². The highest BCUT2D eigenvalue weighted by molar-refractivity contribution is 5.94. The van der Waals surface area contributed by atoms with Crippen LogP contribution < -0.4 is 5.48 Å². The van der Waals surface area contributed by atoms with E-state index < -0.39 is 0 Å². The summed E-state index contributed by atoms with van der Waals surface area (Å²) in [5.74, 6) is 0.111. The maximum atomic E-state index is 11.5. The molecule has 0 saturated heterocycles. The van der Waals surface area contributed by atoms with Crippen molar-refractivity contribution in [3.8, 4) is 11.4 Å². The third-order valence-electron chi connectivity index (χ3n) is 1.92. The number of aromatic nitrogens is 4. The van der Waals surface area contributed by atoms with Crippen LogP contribution in [0.1, 0.15) is 10.4 Å². The van der Waals surface area contributed by atoms with Crippen molar-refractivity contribution in [2.75, 3.05) is 7.11 Å². The van der Waals surface area contributed by atoms with Crippen molar-refractivity contribution in [2.24, 2.45) is 0 Å². The molecular weight excluding hydrogens is 210 g/mol. The molecule has 0 atom stereocenters. The zero-order valence-corrected chi connectivity index (χ0v) is 8.47. The van der Waals surface area contributed by atoms with Crippen LogP contribution in [0.3, 0.4) is 0 Å². The van der Waals surface area contributed by atoms with E-state index in [0.717, 1.165) is 0 Å². The van der Waals surface area contributed by atoms with Gasteiger partial charge in [-0.3, -0.25) is 9.63 Å². The number of rotatable bonds is 3. The number of hydroxylamine groups is 1. The van der Waals surface area contributed by atoms with Gasteiger partial charge in [-0.15, -0.1) is 10.2 Å². The average Bonchev–Trinajstić information content (AvgIpc) is 2.83. The van der Waals surface area contributed by atoms with E-state index in [2.05, 4.69) is 30.9 Å². The molecule has 82 valence electrons.